The minimum Gasteiger partial charge on any atom is -0.393 e. The Bertz CT molecular complexity index is 767. The molecule has 5 heteroatoms. The SMILES string of the molecule is COC[C@H](C)Cc1ncc2c(C3CC3)ncc(C3CCC(O)CC3)c2n1. The monoisotopic (exact) mass is 355 g/mol. The summed E-state index contributed by atoms with van der Waals surface area (Å²) in [6.45, 7) is 2.89. The Balaban J connectivity index is 1.71. The lowest BCUT2D eigenvalue weighted by Crippen LogP contribution is -2.18. The molecule has 140 valence electrons. The number of hydrogen-bond acceptors (Lipinski definition) is 5. The van der Waals surface area contributed by atoms with Gasteiger partial charge >= 0.3 is 0 Å². The van der Waals surface area contributed by atoms with Gasteiger partial charge in [0, 0.05) is 43.8 Å². The Morgan fingerprint density at radius 1 is 1.08 bits per heavy atom. The Morgan fingerprint density at radius 3 is 2.50 bits per heavy atom. The van der Waals surface area contributed by atoms with E-state index in [1.54, 1.807) is 7.11 Å². The Labute approximate surface area is 155 Å². The highest BCUT2D eigenvalue weighted by Gasteiger charge is 2.30. The molecule has 0 unspecified atom stereocenters. The van der Waals surface area contributed by atoms with Crippen molar-refractivity contribution >= 4 is 10.9 Å². The van der Waals surface area contributed by atoms with Crippen LogP contribution < -0.4 is 0 Å². The summed E-state index contributed by atoms with van der Waals surface area (Å²) in [5.41, 5.74) is 3.52. The predicted octanol–water partition coefficient (Wildman–Crippen LogP) is 3.75. The highest BCUT2D eigenvalue weighted by molar-refractivity contribution is 5.84. The van der Waals surface area contributed by atoms with Gasteiger partial charge in [0.2, 0.25) is 0 Å². The third kappa shape index (κ3) is 3.74. The molecule has 0 saturated heterocycles. The second-order valence-corrected chi connectivity index (χ2v) is 8.19. The quantitative estimate of drug-likeness (QED) is 0.855. The van der Waals surface area contributed by atoms with Crippen molar-refractivity contribution in [2.45, 2.75) is 69.8 Å². The number of aliphatic hydroxyl groups is 1. The van der Waals surface area contributed by atoms with Gasteiger partial charge in [-0.15, -0.1) is 0 Å². The van der Waals surface area contributed by atoms with Crippen LogP contribution in [-0.4, -0.2) is 39.9 Å². The normalized spacial score (nSPS) is 24.7. The minimum atomic E-state index is -0.142. The van der Waals surface area contributed by atoms with Crippen LogP contribution in [0.2, 0.25) is 0 Å². The van der Waals surface area contributed by atoms with Gasteiger partial charge in [0.1, 0.15) is 5.82 Å². The number of rotatable bonds is 6. The fraction of sp³-hybridized carbons (Fsp3) is 0.667. The molecule has 0 aromatic carbocycles. The van der Waals surface area contributed by atoms with Crippen LogP contribution in [-0.2, 0) is 11.2 Å². The summed E-state index contributed by atoms with van der Waals surface area (Å²) in [6.07, 6.45) is 11.0. The van der Waals surface area contributed by atoms with Crippen LogP contribution in [0.3, 0.4) is 0 Å². The van der Waals surface area contributed by atoms with Crippen LogP contribution >= 0.6 is 0 Å². The molecule has 0 radical (unpaired) electrons. The lowest BCUT2D eigenvalue weighted by Gasteiger charge is -2.26. The van der Waals surface area contributed by atoms with Crippen LogP contribution in [0.1, 0.15) is 74.4 Å². The average molecular weight is 355 g/mol. The smallest absolute Gasteiger partial charge is 0.129 e. The van der Waals surface area contributed by atoms with E-state index >= 15 is 0 Å². The van der Waals surface area contributed by atoms with E-state index < -0.39 is 0 Å². The van der Waals surface area contributed by atoms with Crippen molar-refractivity contribution in [3.63, 3.8) is 0 Å². The maximum atomic E-state index is 9.85. The molecule has 2 saturated carbocycles. The molecule has 2 fully saturated rings. The maximum absolute atomic E-state index is 9.85. The summed E-state index contributed by atoms with van der Waals surface area (Å²) in [4.78, 5) is 14.5. The van der Waals surface area contributed by atoms with Crippen LogP contribution in [0.25, 0.3) is 10.9 Å². The molecule has 2 aromatic heterocycles. The lowest BCUT2D eigenvalue weighted by molar-refractivity contribution is 0.122. The third-order valence-corrected chi connectivity index (χ3v) is 5.81. The minimum absolute atomic E-state index is 0.142. The van der Waals surface area contributed by atoms with E-state index in [0.717, 1.165) is 55.4 Å². The number of ether oxygens (including phenoxy) is 1. The van der Waals surface area contributed by atoms with Crippen molar-refractivity contribution in [2.24, 2.45) is 5.92 Å². The first kappa shape index (κ1) is 17.8. The molecule has 0 spiro atoms. The van der Waals surface area contributed by atoms with Gasteiger partial charge < -0.3 is 9.84 Å². The molecule has 2 aliphatic rings. The third-order valence-electron chi connectivity index (χ3n) is 5.81. The Hall–Kier alpha value is -1.59. The fourth-order valence-corrected chi connectivity index (χ4v) is 4.22. The van der Waals surface area contributed by atoms with Crippen molar-refractivity contribution in [3.05, 3.63) is 29.5 Å². The number of hydrogen-bond donors (Lipinski definition) is 1. The van der Waals surface area contributed by atoms with Gasteiger partial charge in [-0.3, -0.25) is 4.98 Å². The summed E-state index contributed by atoms with van der Waals surface area (Å²) in [6, 6.07) is 0. The number of aliphatic hydroxyl groups excluding tert-OH is 1. The first-order chi connectivity index (χ1) is 12.7. The average Bonchev–Trinajstić information content (AvgIpc) is 3.47. The summed E-state index contributed by atoms with van der Waals surface area (Å²) in [5, 5.41) is 11.0. The molecule has 1 N–H and O–H groups in total. The molecule has 2 heterocycles. The van der Waals surface area contributed by atoms with E-state index in [4.69, 9.17) is 14.7 Å². The van der Waals surface area contributed by atoms with Gasteiger partial charge in [0.25, 0.3) is 0 Å². The molecular formula is C21H29N3O2. The number of methoxy groups -OCH3 is 1. The standard InChI is InChI=1S/C21H29N3O2/c1-13(12-26-2)9-19-22-11-18-20(15-3-4-15)23-10-17(21(18)24-19)14-5-7-16(25)8-6-14/h10-11,13-16,25H,3-9,12H2,1-2H3/t13-,14?,16?/m1/s1. The lowest BCUT2D eigenvalue weighted by atomic mass is 9.82. The highest BCUT2D eigenvalue weighted by atomic mass is 16.5. The van der Waals surface area contributed by atoms with Gasteiger partial charge in [-0.25, -0.2) is 9.97 Å². The highest BCUT2D eigenvalue weighted by Crippen LogP contribution is 2.43. The van der Waals surface area contributed by atoms with Crippen LogP contribution in [0.15, 0.2) is 12.4 Å². The molecule has 0 bridgehead atoms. The first-order valence-corrected chi connectivity index (χ1v) is 9.97. The Kier molecular flexibility index (Phi) is 5.18. The maximum Gasteiger partial charge on any atom is 0.129 e. The van der Waals surface area contributed by atoms with Crippen molar-refractivity contribution in [3.8, 4) is 0 Å². The van der Waals surface area contributed by atoms with Crippen LogP contribution in [0, 0.1) is 5.92 Å². The van der Waals surface area contributed by atoms with Gasteiger partial charge in [-0.2, -0.15) is 0 Å². The van der Waals surface area contributed by atoms with Crippen molar-refractivity contribution in [1.82, 2.24) is 15.0 Å². The first-order valence-electron chi connectivity index (χ1n) is 9.97. The molecule has 2 aromatic rings. The van der Waals surface area contributed by atoms with Gasteiger partial charge in [0.05, 0.1) is 17.3 Å². The summed E-state index contributed by atoms with van der Waals surface area (Å²) in [7, 11) is 1.74. The van der Waals surface area contributed by atoms with Crippen molar-refractivity contribution < 1.29 is 9.84 Å². The second kappa shape index (κ2) is 7.57. The number of fused-ring (bicyclic) bond motifs is 1. The van der Waals surface area contributed by atoms with Crippen molar-refractivity contribution in [2.75, 3.05) is 13.7 Å². The number of pyridine rings is 1. The van der Waals surface area contributed by atoms with Gasteiger partial charge in [0.15, 0.2) is 0 Å². The largest absolute Gasteiger partial charge is 0.393 e. The van der Waals surface area contributed by atoms with E-state index in [0.29, 0.717) is 17.8 Å². The van der Waals surface area contributed by atoms with Crippen molar-refractivity contribution in [1.29, 1.82) is 0 Å². The molecule has 2 aliphatic carbocycles. The molecular weight excluding hydrogens is 326 g/mol. The zero-order chi connectivity index (χ0) is 18.1. The van der Waals surface area contributed by atoms with E-state index in [1.165, 1.54) is 24.1 Å². The molecule has 4 rings (SSSR count). The fourth-order valence-electron chi connectivity index (χ4n) is 4.22. The van der Waals surface area contributed by atoms with Gasteiger partial charge in [-0.05, 0) is 55.9 Å². The number of nitrogens with zero attached hydrogens (tertiary/aromatic N) is 3. The van der Waals surface area contributed by atoms with E-state index in [9.17, 15) is 5.11 Å². The van der Waals surface area contributed by atoms with E-state index in [-0.39, 0.29) is 6.10 Å². The molecule has 0 amide bonds. The predicted molar refractivity (Wildman–Crippen MR) is 101 cm³/mol. The van der Waals surface area contributed by atoms with E-state index in [2.05, 4.69) is 18.1 Å². The van der Waals surface area contributed by atoms with E-state index in [1.807, 2.05) is 6.20 Å². The Morgan fingerprint density at radius 2 is 1.81 bits per heavy atom. The van der Waals surface area contributed by atoms with Gasteiger partial charge in [-0.1, -0.05) is 6.92 Å². The zero-order valence-electron chi connectivity index (χ0n) is 15.8. The molecule has 0 aliphatic heterocycles. The summed E-state index contributed by atoms with van der Waals surface area (Å²) >= 11 is 0. The van der Waals surface area contributed by atoms with Crippen LogP contribution in [0.5, 0.6) is 0 Å². The summed E-state index contributed by atoms with van der Waals surface area (Å²) in [5.74, 6) is 2.32. The second-order valence-electron chi connectivity index (χ2n) is 8.19. The summed E-state index contributed by atoms with van der Waals surface area (Å²) < 4.78 is 5.26. The molecule has 1 atom stereocenters. The van der Waals surface area contributed by atoms with Crippen LogP contribution in [0.4, 0.5) is 0 Å². The number of aromatic nitrogens is 3. The topological polar surface area (TPSA) is 68.1 Å². The molecule has 5 nitrogen and oxygen atoms in total. The molecule has 26 heavy (non-hydrogen) atoms. The zero-order valence-corrected chi connectivity index (χ0v) is 15.8.